The predicted octanol–water partition coefficient (Wildman–Crippen LogP) is 5.73. The molecule has 7 heteroatoms. The van der Waals surface area contributed by atoms with Crippen molar-refractivity contribution in [3.8, 4) is 22.6 Å². The third-order valence-corrected chi connectivity index (χ3v) is 6.80. The Hall–Kier alpha value is -3.97. The first-order valence-electron chi connectivity index (χ1n) is 11.2. The fraction of sp³-hybridized carbons (Fsp3) is 0.148. The Kier molecular flexibility index (Phi) is 5.53. The Morgan fingerprint density at radius 2 is 1.68 bits per heavy atom. The maximum absolute atomic E-state index is 5.80. The second-order valence-corrected chi connectivity index (χ2v) is 9.08. The van der Waals surface area contributed by atoms with E-state index in [9.17, 15) is 0 Å². The molecule has 0 N–H and O–H groups in total. The van der Waals surface area contributed by atoms with Gasteiger partial charge < -0.3 is 14.4 Å². The summed E-state index contributed by atoms with van der Waals surface area (Å²) in [6.07, 6.45) is 5.47. The van der Waals surface area contributed by atoms with E-state index in [0.29, 0.717) is 26.3 Å². The molecule has 6 nitrogen and oxygen atoms in total. The SMILES string of the molecule is c1ccc(CN(Cc2ccc3c(c2)OCCO3)c2nc3ccc(-c4ccncc4)cc3s2)nc1. The Morgan fingerprint density at radius 3 is 2.53 bits per heavy atom. The maximum Gasteiger partial charge on any atom is 0.187 e. The molecule has 34 heavy (non-hydrogen) atoms. The van der Waals surface area contributed by atoms with Crippen LogP contribution in [0, 0.1) is 0 Å². The number of aromatic nitrogens is 3. The van der Waals surface area contributed by atoms with E-state index in [-0.39, 0.29) is 0 Å². The molecule has 4 heterocycles. The van der Waals surface area contributed by atoms with E-state index in [1.165, 1.54) is 0 Å². The molecule has 0 aliphatic carbocycles. The number of thiazole rings is 1. The zero-order chi connectivity index (χ0) is 22.7. The van der Waals surface area contributed by atoms with Gasteiger partial charge in [0.15, 0.2) is 16.6 Å². The minimum absolute atomic E-state index is 0.575. The normalized spacial score (nSPS) is 12.6. The van der Waals surface area contributed by atoms with Crippen molar-refractivity contribution >= 4 is 26.7 Å². The highest BCUT2D eigenvalue weighted by Crippen LogP contribution is 2.35. The second kappa shape index (κ2) is 9.11. The quantitative estimate of drug-likeness (QED) is 0.318. The van der Waals surface area contributed by atoms with Crippen molar-refractivity contribution in [3.63, 3.8) is 0 Å². The molecule has 6 rings (SSSR count). The zero-order valence-electron chi connectivity index (χ0n) is 18.4. The molecule has 0 fully saturated rings. The Balaban J connectivity index is 1.35. The van der Waals surface area contributed by atoms with Crippen LogP contribution in [0.2, 0.25) is 0 Å². The average molecular weight is 467 g/mol. The van der Waals surface area contributed by atoms with Gasteiger partial charge in [0.1, 0.15) is 13.2 Å². The molecule has 168 valence electrons. The summed E-state index contributed by atoms with van der Waals surface area (Å²) in [7, 11) is 0. The van der Waals surface area contributed by atoms with Crippen LogP contribution in [0.4, 0.5) is 5.13 Å². The fourth-order valence-corrected chi connectivity index (χ4v) is 5.06. The lowest BCUT2D eigenvalue weighted by molar-refractivity contribution is 0.171. The van der Waals surface area contributed by atoms with Crippen LogP contribution in [0.25, 0.3) is 21.3 Å². The van der Waals surface area contributed by atoms with Crippen LogP contribution in [0.15, 0.2) is 85.3 Å². The van der Waals surface area contributed by atoms with Crippen LogP contribution >= 0.6 is 11.3 Å². The van der Waals surface area contributed by atoms with Crippen LogP contribution in [-0.2, 0) is 13.1 Å². The van der Waals surface area contributed by atoms with Crippen LogP contribution < -0.4 is 14.4 Å². The molecular formula is C27H22N4O2S. The number of benzene rings is 2. The lowest BCUT2D eigenvalue weighted by Gasteiger charge is -2.23. The second-order valence-electron chi connectivity index (χ2n) is 8.07. The number of rotatable bonds is 6. The molecule has 0 bridgehead atoms. The Labute approximate surface area is 201 Å². The van der Waals surface area contributed by atoms with Crippen molar-refractivity contribution in [1.82, 2.24) is 15.0 Å². The topological polar surface area (TPSA) is 60.4 Å². The molecule has 5 aromatic rings. The van der Waals surface area contributed by atoms with Crippen molar-refractivity contribution in [2.45, 2.75) is 13.1 Å². The maximum atomic E-state index is 5.80. The third kappa shape index (κ3) is 4.30. The predicted molar refractivity (Wildman–Crippen MR) is 134 cm³/mol. The molecule has 1 aliphatic rings. The van der Waals surface area contributed by atoms with E-state index in [4.69, 9.17) is 14.5 Å². The largest absolute Gasteiger partial charge is 0.486 e. The van der Waals surface area contributed by atoms with Gasteiger partial charge in [0.25, 0.3) is 0 Å². The van der Waals surface area contributed by atoms with E-state index in [0.717, 1.165) is 49.2 Å². The molecular weight excluding hydrogens is 444 g/mol. The summed E-state index contributed by atoms with van der Waals surface area (Å²) in [4.78, 5) is 15.9. The van der Waals surface area contributed by atoms with Crippen LogP contribution in [-0.4, -0.2) is 28.2 Å². The molecule has 0 radical (unpaired) electrons. The van der Waals surface area contributed by atoms with Gasteiger partial charge in [-0.2, -0.15) is 0 Å². The summed E-state index contributed by atoms with van der Waals surface area (Å²) in [6.45, 7) is 2.51. The van der Waals surface area contributed by atoms with E-state index >= 15 is 0 Å². The van der Waals surface area contributed by atoms with E-state index < -0.39 is 0 Å². The molecule has 0 atom stereocenters. The van der Waals surface area contributed by atoms with Gasteiger partial charge in [0.05, 0.1) is 22.5 Å². The van der Waals surface area contributed by atoms with Crippen molar-refractivity contribution in [3.05, 3.63) is 96.6 Å². The molecule has 3 aromatic heterocycles. The monoisotopic (exact) mass is 466 g/mol. The summed E-state index contributed by atoms with van der Waals surface area (Å²) in [5.74, 6) is 1.60. The van der Waals surface area contributed by atoms with Crippen molar-refractivity contribution < 1.29 is 9.47 Å². The van der Waals surface area contributed by atoms with Crippen molar-refractivity contribution in [2.75, 3.05) is 18.1 Å². The summed E-state index contributed by atoms with van der Waals surface area (Å²) < 4.78 is 12.6. The Bertz CT molecular complexity index is 1420. The lowest BCUT2D eigenvalue weighted by atomic mass is 10.1. The van der Waals surface area contributed by atoms with Gasteiger partial charge in [-0.3, -0.25) is 9.97 Å². The molecule has 2 aromatic carbocycles. The average Bonchev–Trinajstić information content (AvgIpc) is 3.33. The highest BCUT2D eigenvalue weighted by Gasteiger charge is 2.17. The molecule has 1 aliphatic heterocycles. The van der Waals surface area contributed by atoms with Crippen LogP contribution in [0.1, 0.15) is 11.3 Å². The van der Waals surface area contributed by atoms with Gasteiger partial charge >= 0.3 is 0 Å². The smallest absolute Gasteiger partial charge is 0.187 e. The van der Waals surface area contributed by atoms with Gasteiger partial charge in [0.2, 0.25) is 0 Å². The number of anilines is 1. The van der Waals surface area contributed by atoms with Gasteiger partial charge in [-0.05, 0) is 65.2 Å². The van der Waals surface area contributed by atoms with Crippen molar-refractivity contribution in [1.29, 1.82) is 0 Å². The molecule has 0 amide bonds. The van der Waals surface area contributed by atoms with E-state index in [1.807, 2.05) is 55.0 Å². The molecule has 0 saturated heterocycles. The summed E-state index contributed by atoms with van der Waals surface area (Å²) in [6, 6.07) is 22.6. The molecule has 0 saturated carbocycles. The van der Waals surface area contributed by atoms with E-state index in [1.54, 1.807) is 11.3 Å². The zero-order valence-corrected chi connectivity index (χ0v) is 19.2. The van der Waals surface area contributed by atoms with Crippen LogP contribution in [0.3, 0.4) is 0 Å². The Morgan fingerprint density at radius 1 is 0.794 bits per heavy atom. The standard InChI is InChI=1S/C27H22N4O2S/c1-2-10-29-22(3-1)18-31(17-19-4-7-24-25(15-19)33-14-13-32-24)27-30-23-6-5-21(16-26(23)34-27)20-8-11-28-12-9-20/h1-12,15-16H,13-14,17-18H2. The number of fused-ring (bicyclic) bond motifs is 2. The number of hydrogen-bond acceptors (Lipinski definition) is 7. The lowest BCUT2D eigenvalue weighted by Crippen LogP contribution is -2.23. The minimum Gasteiger partial charge on any atom is -0.486 e. The van der Waals surface area contributed by atoms with Gasteiger partial charge in [0, 0.05) is 25.1 Å². The number of nitrogens with zero attached hydrogens (tertiary/aromatic N) is 4. The first kappa shape index (κ1) is 20.6. The number of hydrogen-bond donors (Lipinski definition) is 0. The first-order chi connectivity index (χ1) is 16.8. The summed E-state index contributed by atoms with van der Waals surface area (Å²) in [5.41, 5.74) is 5.43. The molecule has 0 unspecified atom stereocenters. The third-order valence-electron chi connectivity index (χ3n) is 5.72. The number of pyridine rings is 2. The van der Waals surface area contributed by atoms with Gasteiger partial charge in [-0.1, -0.05) is 29.5 Å². The van der Waals surface area contributed by atoms with Crippen LogP contribution in [0.5, 0.6) is 11.5 Å². The first-order valence-corrected chi connectivity index (χ1v) is 12.0. The summed E-state index contributed by atoms with van der Waals surface area (Å²) >= 11 is 1.70. The fourth-order valence-electron chi connectivity index (χ4n) is 4.06. The number of ether oxygens (including phenoxy) is 2. The van der Waals surface area contributed by atoms with Gasteiger partial charge in [-0.25, -0.2) is 4.98 Å². The van der Waals surface area contributed by atoms with Gasteiger partial charge in [-0.15, -0.1) is 0 Å². The highest BCUT2D eigenvalue weighted by molar-refractivity contribution is 7.22. The summed E-state index contributed by atoms with van der Waals surface area (Å²) in [5, 5.41) is 0.961. The highest BCUT2D eigenvalue weighted by atomic mass is 32.1. The van der Waals surface area contributed by atoms with Crippen molar-refractivity contribution in [2.24, 2.45) is 0 Å². The van der Waals surface area contributed by atoms with E-state index in [2.05, 4.69) is 45.2 Å². The minimum atomic E-state index is 0.575. The molecule has 0 spiro atoms.